The lowest BCUT2D eigenvalue weighted by atomic mass is 10.2. The van der Waals surface area contributed by atoms with Crippen LogP contribution in [0.3, 0.4) is 0 Å². The molecule has 0 amide bonds. The molecule has 4 nitrogen and oxygen atoms in total. The highest BCUT2D eigenvalue weighted by Gasteiger charge is 2.15. The number of rotatable bonds is 5. The molecular weight excluding hydrogens is 300 g/mol. The van der Waals surface area contributed by atoms with Gasteiger partial charge >= 0.3 is 5.97 Å². The number of carbonyl (C=O) groups is 1. The van der Waals surface area contributed by atoms with Gasteiger partial charge in [0.2, 0.25) is 0 Å². The molecule has 1 aromatic carbocycles. The minimum Gasteiger partial charge on any atom is -0.478 e. The largest absolute Gasteiger partial charge is 0.478 e. The summed E-state index contributed by atoms with van der Waals surface area (Å²) in [7, 11) is -1.21. The third-order valence-corrected chi connectivity index (χ3v) is 4.38. The number of furan rings is 1. The summed E-state index contributed by atoms with van der Waals surface area (Å²) in [4.78, 5) is 10.9. The standard InChI is InChI=1S/C14H13ClO4S/c1-9-12(14(16)17)6-11(19-9)8-20(18)7-10-4-2-3-5-13(10)15/h2-6H,7-8H2,1H3,(H,16,17). The van der Waals surface area contributed by atoms with E-state index in [0.717, 1.165) is 5.56 Å². The minimum atomic E-state index is -1.21. The van der Waals surface area contributed by atoms with E-state index in [4.69, 9.17) is 21.1 Å². The van der Waals surface area contributed by atoms with E-state index in [9.17, 15) is 9.00 Å². The highest BCUT2D eigenvalue weighted by molar-refractivity contribution is 7.83. The molecule has 0 aliphatic rings. The summed E-state index contributed by atoms with van der Waals surface area (Å²) in [6.07, 6.45) is 0. The Hall–Kier alpha value is -1.59. The van der Waals surface area contributed by atoms with Crippen LogP contribution in [0.1, 0.15) is 27.4 Å². The molecule has 0 saturated heterocycles. The SMILES string of the molecule is Cc1oc(CS(=O)Cc2ccccc2Cl)cc1C(=O)O. The van der Waals surface area contributed by atoms with Crippen LogP contribution in [0.4, 0.5) is 0 Å². The van der Waals surface area contributed by atoms with Crippen LogP contribution >= 0.6 is 11.6 Å². The first-order valence-corrected chi connectivity index (χ1v) is 7.75. The molecule has 0 fully saturated rings. The number of aromatic carboxylic acids is 1. The second kappa shape index (κ2) is 6.24. The second-order valence-corrected chi connectivity index (χ2v) is 6.17. The number of carboxylic acids is 1. The van der Waals surface area contributed by atoms with Crippen LogP contribution in [0.25, 0.3) is 0 Å². The van der Waals surface area contributed by atoms with E-state index in [1.165, 1.54) is 6.07 Å². The molecule has 0 spiro atoms. The lowest BCUT2D eigenvalue weighted by molar-refractivity contribution is 0.0695. The van der Waals surface area contributed by atoms with Gasteiger partial charge in [0.1, 0.15) is 17.1 Å². The number of halogens is 1. The normalized spacial score (nSPS) is 12.3. The molecule has 1 aromatic heterocycles. The number of hydrogen-bond acceptors (Lipinski definition) is 3. The molecule has 0 aliphatic heterocycles. The molecule has 0 bridgehead atoms. The minimum absolute atomic E-state index is 0.106. The van der Waals surface area contributed by atoms with Crippen LogP contribution in [0, 0.1) is 6.92 Å². The van der Waals surface area contributed by atoms with Gasteiger partial charge in [-0.05, 0) is 24.6 Å². The first-order valence-electron chi connectivity index (χ1n) is 5.88. The van der Waals surface area contributed by atoms with Crippen LogP contribution in [0.5, 0.6) is 0 Å². The van der Waals surface area contributed by atoms with Gasteiger partial charge in [-0.1, -0.05) is 29.8 Å². The molecule has 1 N–H and O–H groups in total. The Labute approximate surface area is 123 Å². The van der Waals surface area contributed by atoms with Crippen LogP contribution in [0.2, 0.25) is 5.02 Å². The monoisotopic (exact) mass is 312 g/mol. The van der Waals surface area contributed by atoms with Crippen molar-refractivity contribution in [2.75, 3.05) is 0 Å². The quantitative estimate of drug-likeness (QED) is 0.919. The fourth-order valence-corrected chi connectivity index (χ4v) is 3.27. The Balaban J connectivity index is 2.07. The van der Waals surface area contributed by atoms with Crippen LogP contribution < -0.4 is 0 Å². The first kappa shape index (κ1) is 14.8. The van der Waals surface area contributed by atoms with E-state index in [-0.39, 0.29) is 11.3 Å². The van der Waals surface area contributed by atoms with Gasteiger partial charge in [0.25, 0.3) is 0 Å². The number of aryl methyl sites for hydroxylation is 1. The Morgan fingerprint density at radius 3 is 2.65 bits per heavy atom. The van der Waals surface area contributed by atoms with Crippen molar-refractivity contribution in [1.29, 1.82) is 0 Å². The Bertz CT molecular complexity index is 663. The maximum Gasteiger partial charge on any atom is 0.339 e. The van der Waals surface area contributed by atoms with Crippen LogP contribution in [0.15, 0.2) is 34.7 Å². The van der Waals surface area contributed by atoms with Gasteiger partial charge in [0.05, 0.1) is 11.5 Å². The van der Waals surface area contributed by atoms with E-state index >= 15 is 0 Å². The van der Waals surface area contributed by atoms with E-state index in [1.807, 2.05) is 18.2 Å². The molecule has 0 radical (unpaired) electrons. The molecular formula is C14H13ClO4S. The smallest absolute Gasteiger partial charge is 0.339 e. The molecule has 106 valence electrons. The predicted molar refractivity (Wildman–Crippen MR) is 77.4 cm³/mol. The van der Waals surface area contributed by atoms with Crippen molar-refractivity contribution < 1.29 is 18.5 Å². The summed E-state index contributed by atoms with van der Waals surface area (Å²) in [5.74, 6) is 0.156. The third-order valence-electron chi connectivity index (χ3n) is 2.78. The Morgan fingerprint density at radius 1 is 1.35 bits per heavy atom. The van der Waals surface area contributed by atoms with Gasteiger partial charge in [-0.3, -0.25) is 4.21 Å². The molecule has 6 heteroatoms. The van der Waals surface area contributed by atoms with Crippen molar-refractivity contribution in [2.45, 2.75) is 18.4 Å². The summed E-state index contributed by atoms with van der Waals surface area (Å²) in [6, 6.07) is 8.62. The van der Waals surface area contributed by atoms with Crippen molar-refractivity contribution >= 4 is 28.4 Å². The van der Waals surface area contributed by atoms with Crippen LogP contribution in [-0.2, 0) is 22.3 Å². The number of benzene rings is 1. The summed E-state index contributed by atoms with van der Waals surface area (Å²) in [6.45, 7) is 1.57. The zero-order chi connectivity index (χ0) is 14.7. The van der Waals surface area contributed by atoms with Crippen molar-refractivity contribution in [3.8, 4) is 0 Å². The number of carboxylic acid groups (broad SMARTS) is 1. The van der Waals surface area contributed by atoms with E-state index in [2.05, 4.69) is 0 Å². The van der Waals surface area contributed by atoms with E-state index in [1.54, 1.807) is 13.0 Å². The summed E-state index contributed by atoms with van der Waals surface area (Å²) in [5.41, 5.74) is 0.906. The average Bonchev–Trinajstić information content (AvgIpc) is 2.73. The maximum atomic E-state index is 12.1. The zero-order valence-electron chi connectivity index (χ0n) is 10.8. The van der Waals surface area contributed by atoms with E-state index in [0.29, 0.717) is 22.3 Å². The number of hydrogen-bond donors (Lipinski definition) is 1. The van der Waals surface area contributed by atoms with Gasteiger partial charge in [0.15, 0.2) is 0 Å². The topological polar surface area (TPSA) is 67.5 Å². The van der Waals surface area contributed by atoms with Crippen LogP contribution in [-0.4, -0.2) is 15.3 Å². The molecule has 2 rings (SSSR count). The third kappa shape index (κ3) is 3.49. The lowest BCUT2D eigenvalue weighted by Crippen LogP contribution is -1.99. The summed E-state index contributed by atoms with van der Waals surface area (Å²) < 4.78 is 17.4. The van der Waals surface area contributed by atoms with Gasteiger partial charge in [-0.25, -0.2) is 4.79 Å². The maximum absolute atomic E-state index is 12.1. The molecule has 2 aromatic rings. The molecule has 20 heavy (non-hydrogen) atoms. The van der Waals surface area contributed by atoms with E-state index < -0.39 is 16.8 Å². The van der Waals surface area contributed by atoms with Gasteiger partial charge in [-0.2, -0.15) is 0 Å². The highest BCUT2D eigenvalue weighted by atomic mass is 35.5. The Kier molecular flexibility index (Phi) is 4.62. The van der Waals surface area contributed by atoms with Crippen molar-refractivity contribution in [1.82, 2.24) is 0 Å². The average molecular weight is 313 g/mol. The zero-order valence-corrected chi connectivity index (χ0v) is 12.3. The second-order valence-electron chi connectivity index (χ2n) is 4.31. The van der Waals surface area contributed by atoms with Gasteiger partial charge < -0.3 is 9.52 Å². The predicted octanol–water partition coefficient (Wildman–Crippen LogP) is 3.39. The summed E-state index contributed by atoms with van der Waals surface area (Å²) >= 11 is 6.01. The fraction of sp³-hybridized carbons (Fsp3) is 0.214. The van der Waals surface area contributed by atoms with Gasteiger partial charge in [-0.15, -0.1) is 0 Å². The molecule has 0 saturated carbocycles. The molecule has 0 aliphatic carbocycles. The van der Waals surface area contributed by atoms with Gasteiger partial charge in [0, 0.05) is 15.8 Å². The molecule has 1 heterocycles. The van der Waals surface area contributed by atoms with Crippen molar-refractivity contribution in [3.05, 3.63) is 58.0 Å². The molecule has 1 unspecified atom stereocenters. The summed E-state index contributed by atoms with van der Waals surface area (Å²) in [5, 5.41) is 9.50. The van der Waals surface area contributed by atoms with Crippen molar-refractivity contribution in [3.63, 3.8) is 0 Å². The molecule has 1 atom stereocenters. The van der Waals surface area contributed by atoms with Crippen molar-refractivity contribution in [2.24, 2.45) is 0 Å². The fourth-order valence-electron chi connectivity index (χ4n) is 1.83. The lowest BCUT2D eigenvalue weighted by Gasteiger charge is -2.03. The highest BCUT2D eigenvalue weighted by Crippen LogP contribution is 2.20. The first-order chi connectivity index (χ1) is 9.47. The Morgan fingerprint density at radius 2 is 2.05 bits per heavy atom.